The first-order valence-corrected chi connectivity index (χ1v) is 8.17. The fourth-order valence-corrected chi connectivity index (χ4v) is 5.03. The van der Waals surface area contributed by atoms with Crippen LogP contribution in [0.2, 0.25) is 0 Å². The van der Waals surface area contributed by atoms with E-state index in [1.807, 2.05) is 24.3 Å². The first-order valence-electron chi connectivity index (χ1n) is 6.68. The first kappa shape index (κ1) is 14.3. The SMILES string of the molecule is COC1(S(=O)(=O)c2ccccc2)c2ccccc2CN1C. The zero-order valence-electron chi connectivity index (χ0n) is 12.0. The van der Waals surface area contributed by atoms with Crippen molar-refractivity contribution in [1.82, 2.24) is 4.90 Å². The number of methoxy groups -OCH3 is 1. The first-order chi connectivity index (χ1) is 10.0. The average Bonchev–Trinajstić information content (AvgIpc) is 2.80. The van der Waals surface area contributed by atoms with Crippen LogP contribution in [0.4, 0.5) is 0 Å². The third kappa shape index (κ3) is 1.85. The summed E-state index contributed by atoms with van der Waals surface area (Å²) in [6.07, 6.45) is 0. The Bertz CT molecular complexity index is 758. The van der Waals surface area contributed by atoms with Gasteiger partial charge in [-0.3, -0.25) is 4.90 Å². The van der Waals surface area contributed by atoms with Crippen molar-refractivity contribution in [3.63, 3.8) is 0 Å². The van der Waals surface area contributed by atoms with E-state index in [4.69, 9.17) is 4.74 Å². The summed E-state index contributed by atoms with van der Waals surface area (Å²) in [6, 6.07) is 15.9. The molecular weight excluding hydrogens is 286 g/mol. The topological polar surface area (TPSA) is 46.6 Å². The zero-order chi connectivity index (χ0) is 15.1. The van der Waals surface area contributed by atoms with Crippen molar-refractivity contribution >= 4 is 9.84 Å². The zero-order valence-corrected chi connectivity index (χ0v) is 12.8. The summed E-state index contributed by atoms with van der Waals surface area (Å²) >= 11 is 0. The van der Waals surface area contributed by atoms with Crippen LogP contribution >= 0.6 is 0 Å². The van der Waals surface area contributed by atoms with Crippen molar-refractivity contribution in [3.05, 3.63) is 65.7 Å². The highest BCUT2D eigenvalue weighted by molar-refractivity contribution is 7.92. The smallest absolute Gasteiger partial charge is 0.256 e. The van der Waals surface area contributed by atoms with Crippen molar-refractivity contribution in [1.29, 1.82) is 0 Å². The van der Waals surface area contributed by atoms with Crippen LogP contribution in [-0.2, 0) is 26.2 Å². The number of sulfone groups is 1. The van der Waals surface area contributed by atoms with Crippen molar-refractivity contribution in [2.45, 2.75) is 16.5 Å². The summed E-state index contributed by atoms with van der Waals surface area (Å²) in [6.45, 7) is 0.538. The minimum atomic E-state index is -3.71. The van der Waals surface area contributed by atoms with E-state index in [0.29, 0.717) is 12.1 Å². The molecule has 1 heterocycles. The van der Waals surface area contributed by atoms with E-state index < -0.39 is 14.9 Å². The Morgan fingerprint density at radius 3 is 2.33 bits per heavy atom. The molecule has 0 bridgehead atoms. The normalized spacial score (nSPS) is 22.2. The van der Waals surface area contributed by atoms with Crippen LogP contribution in [0.1, 0.15) is 11.1 Å². The molecule has 1 aliphatic rings. The van der Waals surface area contributed by atoms with Gasteiger partial charge in [0.1, 0.15) is 0 Å². The Hall–Kier alpha value is -1.69. The van der Waals surface area contributed by atoms with Crippen LogP contribution in [0.25, 0.3) is 0 Å². The molecule has 0 saturated heterocycles. The van der Waals surface area contributed by atoms with E-state index in [9.17, 15) is 8.42 Å². The number of benzene rings is 2. The number of hydrogen-bond acceptors (Lipinski definition) is 4. The van der Waals surface area contributed by atoms with Gasteiger partial charge >= 0.3 is 0 Å². The van der Waals surface area contributed by atoms with Crippen LogP contribution in [0.3, 0.4) is 0 Å². The maximum atomic E-state index is 13.2. The fraction of sp³-hybridized carbons (Fsp3) is 0.250. The fourth-order valence-electron chi connectivity index (χ4n) is 3.02. The minimum Gasteiger partial charge on any atom is -0.346 e. The van der Waals surface area contributed by atoms with Gasteiger partial charge < -0.3 is 4.74 Å². The Balaban J connectivity index is 2.27. The molecule has 110 valence electrons. The van der Waals surface area contributed by atoms with Crippen LogP contribution in [0.5, 0.6) is 0 Å². The molecule has 3 rings (SSSR count). The molecule has 1 unspecified atom stereocenters. The lowest BCUT2D eigenvalue weighted by atomic mass is 10.1. The Morgan fingerprint density at radius 2 is 1.67 bits per heavy atom. The molecule has 0 aromatic heterocycles. The molecule has 0 spiro atoms. The molecule has 0 saturated carbocycles. The Labute approximate surface area is 124 Å². The number of hydrogen-bond donors (Lipinski definition) is 0. The van der Waals surface area contributed by atoms with Crippen LogP contribution in [-0.4, -0.2) is 27.5 Å². The van der Waals surface area contributed by atoms with Gasteiger partial charge in [-0.15, -0.1) is 0 Å². The summed E-state index contributed by atoms with van der Waals surface area (Å²) in [5, 5.41) is -1.47. The van der Waals surface area contributed by atoms with E-state index in [-0.39, 0.29) is 4.90 Å². The Morgan fingerprint density at radius 1 is 1.05 bits per heavy atom. The van der Waals surface area contributed by atoms with Gasteiger partial charge in [0.25, 0.3) is 5.06 Å². The van der Waals surface area contributed by atoms with E-state index in [0.717, 1.165) is 5.56 Å². The molecule has 5 heteroatoms. The van der Waals surface area contributed by atoms with E-state index >= 15 is 0 Å². The molecule has 0 N–H and O–H groups in total. The van der Waals surface area contributed by atoms with Gasteiger partial charge in [-0.05, 0) is 24.7 Å². The largest absolute Gasteiger partial charge is 0.346 e. The highest BCUT2D eigenvalue weighted by Crippen LogP contribution is 2.45. The number of fused-ring (bicyclic) bond motifs is 1. The Kier molecular flexibility index (Phi) is 3.36. The molecule has 21 heavy (non-hydrogen) atoms. The summed E-state index contributed by atoms with van der Waals surface area (Å²) in [7, 11) is -0.498. The van der Waals surface area contributed by atoms with Gasteiger partial charge in [-0.1, -0.05) is 42.5 Å². The van der Waals surface area contributed by atoms with Gasteiger partial charge in [-0.2, -0.15) is 0 Å². The highest BCUT2D eigenvalue weighted by atomic mass is 32.2. The molecule has 2 aromatic rings. The number of rotatable bonds is 3. The van der Waals surface area contributed by atoms with Crippen molar-refractivity contribution in [2.75, 3.05) is 14.2 Å². The molecule has 0 fully saturated rings. The van der Waals surface area contributed by atoms with Gasteiger partial charge in [0.05, 0.1) is 4.90 Å². The van der Waals surface area contributed by atoms with Crippen LogP contribution in [0, 0.1) is 0 Å². The predicted octanol–water partition coefficient (Wildman–Crippen LogP) is 2.36. The lowest BCUT2D eigenvalue weighted by Gasteiger charge is -2.34. The van der Waals surface area contributed by atoms with Crippen LogP contribution < -0.4 is 0 Å². The monoisotopic (exact) mass is 303 g/mol. The maximum absolute atomic E-state index is 13.2. The van der Waals surface area contributed by atoms with Crippen molar-refractivity contribution in [3.8, 4) is 0 Å². The summed E-state index contributed by atoms with van der Waals surface area (Å²) in [5.74, 6) is 0. The molecule has 4 nitrogen and oxygen atoms in total. The highest BCUT2D eigenvalue weighted by Gasteiger charge is 2.54. The quantitative estimate of drug-likeness (QED) is 0.873. The van der Waals surface area contributed by atoms with Crippen molar-refractivity contribution < 1.29 is 13.2 Å². The maximum Gasteiger partial charge on any atom is 0.256 e. The molecule has 1 aliphatic heterocycles. The van der Waals surface area contributed by atoms with Gasteiger partial charge in [0, 0.05) is 19.2 Å². The molecule has 1 atom stereocenters. The minimum absolute atomic E-state index is 0.260. The average molecular weight is 303 g/mol. The molecule has 2 aromatic carbocycles. The van der Waals surface area contributed by atoms with E-state index in [2.05, 4.69) is 0 Å². The summed E-state index contributed by atoms with van der Waals surface area (Å²) in [4.78, 5) is 2.00. The number of ether oxygens (including phenoxy) is 1. The van der Waals surface area contributed by atoms with Gasteiger partial charge in [-0.25, -0.2) is 8.42 Å². The van der Waals surface area contributed by atoms with Crippen LogP contribution in [0.15, 0.2) is 59.5 Å². The third-order valence-corrected chi connectivity index (χ3v) is 6.28. The summed E-state index contributed by atoms with van der Waals surface area (Å²) in [5.41, 5.74) is 1.67. The molecular formula is C16H17NO3S. The standard InChI is InChI=1S/C16H17NO3S/c1-17-12-13-8-6-7-11-15(13)16(17,20-2)21(18,19)14-9-4-3-5-10-14/h3-11H,12H2,1-2H3. The summed E-state index contributed by atoms with van der Waals surface area (Å²) < 4.78 is 32.0. The van der Waals surface area contributed by atoms with Gasteiger partial charge in [0.2, 0.25) is 9.84 Å². The lowest BCUT2D eigenvalue weighted by molar-refractivity contribution is -0.0523. The lowest BCUT2D eigenvalue weighted by Crippen LogP contribution is -2.47. The number of nitrogens with zero attached hydrogens (tertiary/aromatic N) is 1. The van der Waals surface area contributed by atoms with Crippen molar-refractivity contribution in [2.24, 2.45) is 0 Å². The molecule has 0 aliphatic carbocycles. The second-order valence-corrected chi connectivity index (χ2v) is 7.15. The van der Waals surface area contributed by atoms with E-state index in [1.54, 1.807) is 42.3 Å². The molecule has 0 amide bonds. The van der Waals surface area contributed by atoms with Gasteiger partial charge in [0.15, 0.2) is 0 Å². The predicted molar refractivity (Wildman–Crippen MR) is 80.2 cm³/mol. The molecule has 0 radical (unpaired) electrons. The third-order valence-electron chi connectivity index (χ3n) is 3.96. The van der Waals surface area contributed by atoms with E-state index in [1.165, 1.54) is 7.11 Å². The second kappa shape index (κ2) is 4.94. The second-order valence-electron chi connectivity index (χ2n) is 5.12.